The summed E-state index contributed by atoms with van der Waals surface area (Å²) in [6, 6.07) is 1.29. The van der Waals surface area contributed by atoms with E-state index in [1.54, 1.807) is 10.8 Å². The van der Waals surface area contributed by atoms with Crippen molar-refractivity contribution in [3.63, 3.8) is 0 Å². The van der Waals surface area contributed by atoms with Gasteiger partial charge in [0.2, 0.25) is 0 Å². The minimum absolute atomic E-state index is 0.181. The second-order valence-corrected chi connectivity index (χ2v) is 4.19. The SMILES string of the molecule is O=C(O)c1cn(CCC2CCCO2)ccc1=O. The first-order valence-electron chi connectivity index (χ1n) is 5.72. The van der Waals surface area contributed by atoms with E-state index in [2.05, 4.69) is 0 Å². The molecule has 2 rings (SSSR count). The molecule has 0 bridgehead atoms. The highest BCUT2D eigenvalue weighted by Gasteiger charge is 2.15. The molecule has 0 amide bonds. The van der Waals surface area contributed by atoms with Crippen LogP contribution in [0.2, 0.25) is 0 Å². The van der Waals surface area contributed by atoms with Crippen molar-refractivity contribution < 1.29 is 14.6 Å². The molecule has 1 aliphatic rings. The van der Waals surface area contributed by atoms with E-state index in [1.165, 1.54) is 12.3 Å². The lowest BCUT2D eigenvalue weighted by Crippen LogP contribution is -2.18. The summed E-state index contributed by atoms with van der Waals surface area (Å²) in [6.45, 7) is 1.49. The molecule has 0 radical (unpaired) electrons. The van der Waals surface area contributed by atoms with E-state index in [4.69, 9.17) is 9.84 Å². The summed E-state index contributed by atoms with van der Waals surface area (Å²) < 4.78 is 7.21. The quantitative estimate of drug-likeness (QED) is 0.851. The first-order valence-corrected chi connectivity index (χ1v) is 5.72. The predicted octanol–water partition coefficient (Wildman–Crippen LogP) is 1.12. The third-order valence-corrected chi connectivity index (χ3v) is 2.94. The van der Waals surface area contributed by atoms with Crippen molar-refractivity contribution >= 4 is 5.97 Å². The Morgan fingerprint density at radius 3 is 3.06 bits per heavy atom. The number of nitrogens with zero attached hydrogens (tertiary/aromatic N) is 1. The molecule has 1 saturated heterocycles. The molecule has 1 atom stereocenters. The van der Waals surface area contributed by atoms with Gasteiger partial charge in [0.25, 0.3) is 0 Å². The van der Waals surface area contributed by atoms with Crippen LogP contribution in [-0.2, 0) is 11.3 Å². The van der Waals surface area contributed by atoms with Gasteiger partial charge in [-0.2, -0.15) is 0 Å². The van der Waals surface area contributed by atoms with Crippen molar-refractivity contribution in [1.82, 2.24) is 4.57 Å². The Bertz CT molecular complexity index is 460. The van der Waals surface area contributed by atoms with E-state index in [0.717, 1.165) is 25.9 Å². The minimum atomic E-state index is -1.18. The van der Waals surface area contributed by atoms with Gasteiger partial charge in [-0.15, -0.1) is 0 Å². The van der Waals surface area contributed by atoms with Crippen LogP contribution in [-0.4, -0.2) is 28.4 Å². The predicted molar refractivity (Wildman–Crippen MR) is 61.3 cm³/mol. The molecule has 0 saturated carbocycles. The van der Waals surface area contributed by atoms with Crippen LogP contribution in [0, 0.1) is 0 Å². The molecule has 0 aromatic carbocycles. The number of aromatic nitrogens is 1. The zero-order valence-corrected chi connectivity index (χ0v) is 9.46. The van der Waals surface area contributed by atoms with E-state index in [9.17, 15) is 9.59 Å². The van der Waals surface area contributed by atoms with Crippen molar-refractivity contribution in [1.29, 1.82) is 0 Å². The van der Waals surface area contributed by atoms with Crippen LogP contribution in [0.25, 0.3) is 0 Å². The summed E-state index contributed by atoms with van der Waals surface area (Å²) in [6.07, 6.45) is 6.27. The standard InChI is InChI=1S/C12H15NO4/c14-11-4-6-13(8-10(11)12(15)16)5-3-9-2-1-7-17-9/h4,6,8-9H,1-3,5,7H2,(H,15,16). The van der Waals surface area contributed by atoms with Gasteiger partial charge in [0.05, 0.1) is 6.10 Å². The molecule has 17 heavy (non-hydrogen) atoms. The molecule has 5 nitrogen and oxygen atoms in total. The minimum Gasteiger partial charge on any atom is -0.477 e. The first-order chi connectivity index (χ1) is 8.16. The van der Waals surface area contributed by atoms with Crippen molar-refractivity contribution in [2.75, 3.05) is 6.61 Å². The zero-order valence-electron chi connectivity index (χ0n) is 9.46. The summed E-state index contributed by atoms with van der Waals surface area (Å²) in [5, 5.41) is 8.83. The highest BCUT2D eigenvalue weighted by Crippen LogP contribution is 2.15. The molecule has 5 heteroatoms. The number of hydrogen-bond donors (Lipinski definition) is 1. The molecule has 2 heterocycles. The second kappa shape index (κ2) is 5.14. The van der Waals surface area contributed by atoms with Crippen LogP contribution in [0.3, 0.4) is 0 Å². The van der Waals surface area contributed by atoms with Gasteiger partial charge >= 0.3 is 5.97 Å². The summed E-state index contributed by atoms with van der Waals surface area (Å²) in [5.74, 6) is -1.18. The molecule has 1 N–H and O–H groups in total. The molecule has 1 fully saturated rings. The van der Waals surface area contributed by atoms with E-state index >= 15 is 0 Å². The van der Waals surface area contributed by atoms with Crippen LogP contribution in [0.15, 0.2) is 23.3 Å². The number of aromatic carboxylic acids is 1. The average Bonchev–Trinajstić information content (AvgIpc) is 2.80. The third-order valence-electron chi connectivity index (χ3n) is 2.94. The number of rotatable bonds is 4. The number of ether oxygens (including phenoxy) is 1. The topological polar surface area (TPSA) is 68.5 Å². The van der Waals surface area contributed by atoms with Crippen molar-refractivity contribution in [3.05, 3.63) is 34.2 Å². The van der Waals surface area contributed by atoms with Gasteiger partial charge in [0.1, 0.15) is 5.56 Å². The fourth-order valence-corrected chi connectivity index (χ4v) is 1.99. The van der Waals surface area contributed by atoms with E-state index in [-0.39, 0.29) is 11.7 Å². The fraction of sp³-hybridized carbons (Fsp3) is 0.500. The number of carbonyl (C=O) groups is 1. The van der Waals surface area contributed by atoms with Gasteiger partial charge in [0.15, 0.2) is 5.43 Å². The van der Waals surface area contributed by atoms with Gasteiger partial charge in [-0.25, -0.2) is 4.79 Å². The maximum Gasteiger partial charge on any atom is 0.341 e. The molecular formula is C12H15NO4. The highest BCUT2D eigenvalue weighted by molar-refractivity contribution is 5.86. The van der Waals surface area contributed by atoms with Crippen LogP contribution in [0.4, 0.5) is 0 Å². The Labute approximate surface area is 98.6 Å². The van der Waals surface area contributed by atoms with Gasteiger partial charge in [-0.1, -0.05) is 0 Å². The molecule has 1 aromatic rings. The molecule has 1 aromatic heterocycles. The van der Waals surface area contributed by atoms with Crippen LogP contribution < -0.4 is 5.43 Å². The van der Waals surface area contributed by atoms with Gasteiger partial charge < -0.3 is 14.4 Å². The number of hydrogen-bond acceptors (Lipinski definition) is 3. The van der Waals surface area contributed by atoms with Crippen molar-refractivity contribution in [2.24, 2.45) is 0 Å². The maximum absolute atomic E-state index is 11.3. The summed E-state index contributed by atoms with van der Waals surface area (Å²) in [5.41, 5.74) is -0.634. The number of aryl methyl sites for hydroxylation is 1. The van der Waals surface area contributed by atoms with Crippen LogP contribution >= 0.6 is 0 Å². The van der Waals surface area contributed by atoms with Crippen molar-refractivity contribution in [2.45, 2.75) is 31.9 Å². The van der Waals surface area contributed by atoms with Crippen LogP contribution in [0.1, 0.15) is 29.6 Å². The normalized spacial score (nSPS) is 19.4. The lowest BCUT2D eigenvalue weighted by molar-refractivity contribution is 0.0694. The van der Waals surface area contributed by atoms with Crippen LogP contribution in [0.5, 0.6) is 0 Å². The maximum atomic E-state index is 11.3. The van der Waals surface area contributed by atoms with Crippen molar-refractivity contribution in [3.8, 4) is 0 Å². The molecule has 92 valence electrons. The lowest BCUT2D eigenvalue weighted by Gasteiger charge is -2.11. The van der Waals surface area contributed by atoms with Gasteiger partial charge in [-0.3, -0.25) is 4.79 Å². The van der Waals surface area contributed by atoms with Gasteiger partial charge in [-0.05, 0) is 19.3 Å². The Morgan fingerprint density at radius 1 is 1.59 bits per heavy atom. The monoisotopic (exact) mass is 237 g/mol. The highest BCUT2D eigenvalue weighted by atomic mass is 16.5. The molecule has 1 unspecified atom stereocenters. The van der Waals surface area contributed by atoms with Gasteiger partial charge in [0, 0.05) is 31.6 Å². The number of carboxylic acid groups (broad SMARTS) is 1. The number of carboxylic acids is 1. The van der Waals surface area contributed by atoms with E-state index in [0.29, 0.717) is 6.54 Å². The first kappa shape index (κ1) is 11.9. The summed E-state index contributed by atoms with van der Waals surface area (Å²) in [4.78, 5) is 22.1. The smallest absolute Gasteiger partial charge is 0.341 e. The Morgan fingerprint density at radius 2 is 2.41 bits per heavy atom. The molecule has 0 aliphatic carbocycles. The largest absolute Gasteiger partial charge is 0.477 e. The average molecular weight is 237 g/mol. The molecule has 1 aliphatic heterocycles. The Balaban J connectivity index is 2.03. The Hall–Kier alpha value is -1.62. The zero-order chi connectivity index (χ0) is 12.3. The van der Waals surface area contributed by atoms with E-state index in [1.807, 2.05) is 0 Å². The van der Waals surface area contributed by atoms with E-state index < -0.39 is 11.4 Å². The second-order valence-electron chi connectivity index (χ2n) is 4.19. The fourth-order valence-electron chi connectivity index (χ4n) is 1.99. The molecule has 0 spiro atoms. The Kier molecular flexibility index (Phi) is 3.58. The summed E-state index contributed by atoms with van der Waals surface area (Å²) >= 11 is 0. The molecular weight excluding hydrogens is 222 g/mol. The summed E-state index contributed by atoms with van der Waals surface area (Å²) in [7, 11) is 0. The third kappa shape index (κ3) is 2.94. The number of pyridine rings is 1. The lowest BCUT2D eigenvalue weighted by atomic mass is 10.2.